The molecule has 106 valence electrons. The Bertz CT molecular complexity index is 709. The number of nitrogens with two attached hydrogens (primary N) is 1. The van der Waals surface area contributed by atoms with Crippen molar-refractivity contribution < 1.29 is 17.7 Å². The van der Waals surface area contributed by atoms with E-state index in [1.807, 2.05) is 6.07 Å². The highest BCUT2D eigenvalue weighted by Gasteiger charge is 2.28. The van der Waals surface area contributed by atoms with E-state index >= 15 is 0 Å². The second-order valence-electron chi connectivity index (χ2n) is 4.23. The van der Waals surface area contributed by atoms with E-state index in [4.69, 9.17) is 10.3 Å². The van der Waals surface area contributed by atoms with Gasteiger partial charge in [-0.2, -0.15) is 4.98 Å². The summed E-state index contributed by atoms with van der Waals surface area (Å²) in [5.41, 5.74) is 5.70. The molecule has 0 aliphatic rings. The number of hydrogen-bond acceptors (Lipinski definition) is 6. The number of rotatable bonds is 5. The van der Waals surface area contributed by atoms with E-state index in [-0.39, 0.29) is 5.89 Å². The van der Waals surface area contributed by atoms with E-state index in [9.17, 15) is 13.2 Å². The SMILES string of the molecule is C[C@@H](C(N)=O)S(=O)(=O)Cc1nc(-c2ccccc2)no1. The van der Waals surface area contributed by atoms with Crippen molar-refractivity contribution in [3.8, 4) is 11.4 Å². The number of carbonyl (C=O) groups excluding carboxylic acids is 1. The zero-order chi connectivity index (χ0) is 14.8. The number of sulfone groups is 1. The number of aromatic nitrogens is 2. The fourth-order valence-corrected chi connectivity index (χ4v) is 2.56. The zero-order valence-electron chi connectivity index (χ0n) is 10.7. The Morgan fingerprint density at radius 1 is 1.35 bits per heavy atom. The van der Waals surface area contributed by atoms with E-state index in [1.165, 1.54) is 6.92 Å². The molecule has 0 saturated heterocycles. The quantitative estimate of drug-likeness (QED) is 0.859. The molecule has 0 saturated carbocycles. The minimum atomic E-state index is -3.75. The Morgan fingerprint density at radius 3 is 2.60 bits per heavy atom. The minimum absolute atomic E-state index is 0.0723. The number of carbonyl (C=O) groups is 1. The predicted molar refractivity (Wildman–Crippen MR) is 71.0 cm³/mol. The summed E-state index contributed by atoms with van der Waals surface area (Å²) in [7, 11) is -3.75. The smallest absolute Gasteiger partial charge is 0.242 e. The van der Waals surface area contributed by atoms with Crippen molar-refractivity contribution in [2.45, 2.75) is 17.9 Å². The van der Waals surface area contributed by atoms with Gasteiger partial charge in [0.2, 0.25) is 17.6 Å². The lowest BCUT2D eigenvalue weighted by molar-refractivity contribution is -0.117. The number of nitrogens with zero attached hydrogens (tertiary/aromatic N) is 2. The lowest BCUT2D eigenvalue weighted by Crippen LogP contribution is -2.34. The largest absolute Gasteiger partial charge is 0.369 e. The van der Waals surface area contributed by atoms with Crippen LogP contribution in [0.5, 0.6) is 0 Å². The van der Waals surface area contributed by atoms with Gasteiger partial charge in [-0.1, -0.05) is 35.5 Å². The summed E-state index contributed by atoms with van der Waals surface area (Å²) in [6, 6.07) is 8.99. The molecule has 0 radical (unpaired) electrons. The van der Waals surface area contributed by atoms with E-state index in [2.05, 4.69) is 10.1 Å². The molecule has 1 amide bonds. The summed E-state index contributed by atoms with van der Waals surface area (Å²) in [6.45, 7) is 1.23. The first-order chi connectivity index (χ1) is 9.40. The maximum absolute atomic E-state index is 11.9. The molecule has 20 heavy (non-hydrogen) atoms. The molecule has 0 spiro atoms. The van der Waals surface area contributed by atoms with Crippen LogP contribution in [0.1, 0.15) is 12.8 Å². The number of hydrogen-bond donors (Lipinski definition) is 1. The molecular formula is C12H13N3O4S. The third kappa shape index (κ3) is 3.02. The normalized spacial score (nSPS) is 13.1. The molecule has 1 aromatic carbocycles. The van der Waals surface area contributed by atoms with Crippen LogP contribution in [0.3, 0.4) is 0 Å². The fourth-order valence-electron chi connectivity index (χ4n) is 1.49. The molecule has 0 fully saturated rings. The van der Waals surface area contributed by atoms with Gasteiger partial charge < -0.3 is 10.3 Å². The Balaban J connectivity index is 2.21. The average molecular weight is 295 g/mol. The number of benzene rings is 1. The van der Waals surface area contributed by atoms with E-state index < -0.39 is 26.7 Å². The van der Waals surface area contributed by atoms with Crippen LogP contribution < -0.4 is 5.73 Å². The molecule has 0 aliphatic heterocycles. The van der Waals surface area contributed by atoms with Crippen molar-refractivity contribution in [3.05, 3.63) is 36.2 Å². The topological polar surface area (TPSA) is 116 Å². The number of amides is 1. The highest BCUT2D eigenvalue weighted by Crippen LogP contribution is 2.17. The van der Waals surface area contributed by atoms with Crippen molar-refractivity contribution in [1.29, 1.82) is 0 Å². The molecule has 0 aliphatic carbocycles. The van der Waals surface area contributed by atoms with Crippen LogP contribution in [0, 0.1) is 0 Å². The van der Waals surface area contributed by atoms with Crippen LogP contribution >= 0.6 is 0 Å². The molecule has 0 unspecified atom stereocenters. The number of primary amides is 1. The Hall–Kier alpha value is -2.22. The molecule has 2 N–H and O–H groups in total. The van der Waals surface area contributed by atoms with Crippen molar-refractivity contribution in [3.63, 3.8) is 0 Å². The van der Waals surface area contributed by atoms with Gasteiger partial charge in [-0.15, -0.1) is 0 Å². The van der Waals surface area contributed by atoms with Gasteiger partial charge >= 0.3 is 0 Å². The zero-order valence-corrected chi connectivity index (χ0v) is 11.5. The van der Waals surface area contributed by atoms with Crippen LogP contribution in [0.25, 0.3) is 11.4 Å². The molecule has 1 aromatic heterocycles. The lowest BCUT2D eigenvalue weighted by atomic mass is 10.2. The molecular weight excluding hydrogens is 282 g/mol. The maximum Gasteiger partial charge on any atom is 0.242 e. The summed E-state index contributed by atoms with van der Waals surface area (Å²) >= 11 is 0. The Morgan fingerprint density at radius 2 is 2.00 bits per heavy atom. The van der Waals surface area contributed by atoms with Gasteiger partial charge in [-0.05, 0) is 6.92 Å². The van der Waals surface area contributed by atoms with Gasteiger partial charge in [-0.25, -0.2) is 8.42 Å². The van der Waals surface area contributed by atoms with Gasteiger partial charge in [0.1, 0.15) is 11.0 Å². The summed E-state index contributed by atoms with van der Waals surface area (Å²) < 4.78 is 28.6. The average Bonchev–Trinajstić information content (AvgIpc) is 2.86. The van der Waals surface area contributed by atoms with Gasteiger partial charge in [0, 0.05) is 5.56 Å². The van der Waals surface area contributed by atoms with Crippen molar-refractivity contribution in [2.24, 2.45) is 5.73 Å². The molecule has 1 heterocycles. The highest BCUT2D eigenvalue weighted by atomic mass is 32.2. The van der Waals surface area contributed by atoms with Crippen LogP contribution in [-0.4, -0.2) is 29.7 Å². The first kappa shape index (κ1) is 14.2. The molecule has 8 heteroatoms. The third-order valence-electron chi connectivity index (χ3n) is 2.76. The Kier molecular flexibility index (Phi) is 3.84. The first-order valence-corrected chi connectivity index (χ1v) is 7.50. The lowest BCUT2D eigenvalue weighted by Gasteiger charge is -2.06. The molecule has 2 rings (SSSR count). The fraction of sp³-hybridized carbons (Fsp3) is 0.250. The maximum atomic E-state index is 11.9. The molecule has 2 aromatic rings. The summed E-state index contributed by atoms with van der Waals surface area (Å²) in [4.78, 5) is 14.9. The highest BCUT2D eigenvalue weighted by molar-refractivity contribution is 7.91. The van der Waals surface area contributed by atoms with E-state index in [1.54, 1.807) is 24.3 Å². The summed E-state index contributed by atoms with van der Waals surface area (Å²) in [5.74, 6) is -1.20. The summed E-state index contributed by atoms with van der Waals surface area (Å²) in [5, 5.41) is 2.41. The monoisotopic (exact) mass is 295 g/mol. The first-order valence-electron chi connectivity index (χ1n) is 5.79. The predicted octanol–water partition coefficient (Wildman–Crippen LogP) is 0.525. The minimum Gasteiger partial charge on any atom is -0.369 e. The standard InChI is InChI=1S/C12H13N3O4S/c1-8(11(13)16)20(17,18)7-10-14-12(15-19-10)9-5-3-2-4-6-9/h2-6,8H,7H2,1H3,(H2,13,16)/t8-/m0/s1. The Labute approximate surface area is 115 Å². The van der Waals surface area contributed by atoms with Gasteiger partial charge in [0.15, 0.2) is 9.84 Å². The second kappa shape index (κ2) is 5.41. The third-order valence-corrected chi connectivity index (χ3v) is 4.72. The molecule has 7 nitrogen and oxygen atoms in total. The molecule has 1 atom stereocenters. The van der Waals surface area contributed by atoms with Crippen LogP contribution in [-0.2, 0) is 20.4 Å². The summed E-state index contributed by atoms with van der Waals surface area (Å²) in [6.07, 6.45) is 0. The van der Waals surface area contributed by atoms with Crippen molar-refractivity contribution in [2.75, 3.05) is 0 Å². The van der Waals surface area contributed by atoms with Crippen LogP contribution in [0.15, 0.2) is 34.9 Å². The van der Waals surface area contributed by atoms with E-state index in [0.717, 1.165) is 0 Å². The van der Waals surface area contributed by atoms with Crippen molar-refractivity contribution in [1.82, 2.24) is 10.1 Å². The van der Waals surface area contributed by atoms with Gasteiger partial charge in [0.05, 0.1) is 0 Å². The van der Waals surface area contributed by atoms with Crippen LogP contribution in [0.2, 0.25) is 0 Å². The molecule has 0 bridgehead atoms. The van der Waals surface area contributed by atoms with Gasteiger partial charge in [-0.3, -0.25) is 4.79 Å². The second-order valence-corrected chi connectivity index (χ2v) is 6.55. The van der Waals surface area contributed by atoms with Crippen LogP contribution in [0.4, 0.5) is 0 Å². The van der Waals surface area contributed by atoms with Crippen molar-refractivity contribution >= 4 is 15.7 Å². The van der Waals surface area contributed by atoms with E-state index in [0.29, 0.717) is 11.4 Å². The van der Waals surface area contributed by atoms with Gasteiger partial charge in [0.25, 0.3) is 0 Å².